The van der Waals surface area contributed by atoms with Crippen LogP contribution in [0.4, 0.5) is 4.39 Å². The smallest absolute Gasteiger partial charge is 0.244 e. The molecular weight excluding hydrogens is 355 g/mol. The highest BCUT2D eigenvalue weighted by Crippen LogP contribution is 2.31. The van der Waals surface area contributed by atoms with Crippen LogP contribution >= 0.6 is 0 Å². The third kappa shape index (κ3) is 4.10. The van der Waals surface area contributed by atoms with Crippen molar-refractivity contribution in [2.75, 3.05) is 13.1 Å². The Hall–Kier alpha value is -3.04. The van der Waals surface area contributed by atoms with Gasteiger partial charge in [0, 0.05) is 17.3 Å². The normalized spacial score (nSPS) is 16.7. The second-order valence-corrected chi connectivity index (χ2v) is 6.84. The van der Waals surface area contributed by atoms with Crippen LogP contribution in [0.1, 0.15) is 49.2 Å². The van der Waals surface area contributed by atoms with Crippen molar-refractivity contribution in [1.29, 1.82) is 0 Å². The molecule has 0 bridgehead atoms. The number of pyridine rings is 1. The molecule has 1 aliphatic rings. The van der Waals surface area contributed by atoms with Crippen molar-refractivity contribution >= 4 is 0 Å². The van der Waals surface area contributed by atoms with Gasteiger partial charge in [0.1, 0.15) is 11.5 Å². The molecule has 1 saturated heterocycles. The molecule has 0 N–H and O–H groups in total. The number of aromatic nitrogens is 3. The maximum atomic E-state index is 13.2. The van der Waals surface area contributed by atoms with Gasteiger partial charge in [0.05, 0.1) is 6.04 Å². The Morgan fingerprint density at radius 2 is 2.11 bits per heavy atom. The summed E-state index contributed by atoms with van der Waals surface area (Å²) in [5.74, 6) is 6.78. The molecule has 28 heavy (non-hydrogen) atoms. The molecule has 0 amide bonds. The SMILES string of the molecule is CCCN1CCCC1c1nc(-c2ccc(C#Cc3cccc(F)c3)cn2)no1. The van der Waals surface area contributed by atoms with Crippen LogP contribution in [0.5, 0.6) is 0 Å². The van der Waals surface area contributed by atoms with E-state index in [4.69, 9.17) is 4.52 Å². The Kier molecular flexibility index (Phi) is 5.45. The van der Waals surface area contributed by atoms with Gasteiger partial charge in [0.2, 0.25) is 11.7 Å². The standard InChI is InChI=1S/C22H21FN4O/c1-2-12-27-13-4-7-20(27)22-25-21(26-28-22)19-11-10-17(15-24-19)9-8-16-5-3-6-18(23)14-16/h3,5-6,10-11,14-15,20H,2,4,7,12-13H2,1H3. The van der Waals surface area contributed by atoms with Gasteiger partial charge in [-0.2, -0.15) is 4.98 Å². The number of nitrogens with zero attached hydrogens (tertiary/aromatic N) is 4. The van der Waals surface area contributed by atoms with E-state index < -0.39 is 0 Å². The molecule has 4 rings (SSSR count). The molecule has 2 aromatic heterocycles. The zero-order valence-electron chi connectivity index (χ0n) is 15.7. The lowest BCUT2D eigenvalue weighted by molar-refractivity contribution is 0.208. The van der Waals surface area contributed by atoms with Gasteiger partial charge in [-0.3, -0.25) is 9.88 Å². The zero-order chi connectivity index (χ0) is 19.3. The first-order valence-corrected chi connectivity index (χ1v) is 9.54. The fraction of sp³-hybridized carbons (Fsp3) is 0.318. The zero-order valence-corrected chi connectivity index (χ0v) is 15.7. The number of hydrogen-bond acceptors (Lipinski definition) is 5. The molecule has 1 atom stereocenters. The molecule has 1 unspecified atom stereocenters. The summed E-state index contributed by atoms with van der Waals surface area (Å²) in [5.41, 5.74) is 2.01. The van der Waals surface area contributed by atoms with Crippen molar-refractivity contribution in [2.45, 2.75) is 32.2 Å². The van der Waals surface area contributed by atoms with Crippen molar-refractivity contribution in [1.82, 2.24) is 20.0 Å². The van der Waals surface area contributed by atoms with Crippen LogP contribution in [0.2, 0.25) is 0 Å². The average Bonchev–Trinajstić information content (AvgIpc) is 3.36. The summed E-state index contributed by atoms with van der Waals surface area (Å²) >= 11 is 0. The second kappa shape index (κ2) is 8.32. The van der Waals surface area contributed by atoms with Gasteiger partial charge in [-0.15, -0.1) is 0 Å². The third-order valence-corrected chi connectivity index (χ3v) is 4.77. The van der Waals surface area contributed by atoms with E-state index in [-0.39, 0.29) is 11.9 Å². The van der Waals surface area contributed by atoms with Crippen molar-refractivity contribution < 1.29 is 8.91 Å². The largest absolute Gasteiger partial charge is 0.337 e. The first-order chi connectivity index (χ1) is 13.7. The minimum atomic E-state index is -0.298. The van der Waals surface area contributed by atoms with Crippen molar-refractivity contribution in [3.8, 4) is 23.4 Å². The molecule has 5 nitrogen and oxygen atoms in total. The van der Waals surface area contributed by atoms with Crippen LogP contribution in [-0.2, 0) is 0 Å². The van der Waals surface area contributed by atoms with Crippen molar-refractivity contribution in [2.24, 2.45) is 0 Å². The summed E-state index contributed by atoms with van der Waals surface area (Å²) in [6, 6.07) is 10.1. The van der Waals surface area contributed by atoms with E-state index in [0.717, 1.165) is 37.9 Å². The molecular formula is C22H21FN4O. The van der Waals surface area contributed by atoms with Crippen LogP contribution in [0.15, 0.2) is 47.1 Å². The molecule has 0 saturated carbocycles. The first kappa shape index (κ1) is 18.3. The highest BCUT2D eigenvalue weighted by molar-refractivity contribution is 5.51. The fourth-order valence-electron chi connectivity index (χ4n) is 3.45. The number of hydrogen-bond donors (Lipinski definition) is 0. The molecule has 142 valence electrons. The van der Waals surface area contributed by atoms with Gasteiger partial charge < -0.3 is 4.52 Å². The monoisotopic (exact) mass is 376 g/mol. The lowest BCUT2D eigenvalue weighted by Crippen LogP contribution is -2.24. The quantitative estimate of drug-likeness (QED) is 0.638. The fourth-order valence-corrected chi connectivity index (χ4v) is 3.45. The van der Waals surface area contributed by atoms with Crippen LogP contribution in [0.25, 0.3) is 11.5 Å². The van der Waals surface area contributed by atoms with E-state index in [9.17, 15) is 4.39 Å². The van der Waals surface area contributed by atoms with Crippen molar-refractivity contribution in [3.05, 3.63) is 65.4 Å². The van der Waals surface area contributed by atoms with E-state index in [2.05, 4.69) is 38.8 Å². The van der Waals surface area contributed by atoms with E-state index in [0.29, 0.717) is 23.0 Å². The summed E-state index contributed by atoms with van der Waals surface area (Å²) in [5, 5.41) is 4.11. The Labute approximate surface area is 163 Å². The molecule has 0 radical (unpaired) electrons. The summed E-state index contributed by atoms with van der Waals surface area (Å²) in [4.78, 5) is 11.4. The number of rotatable bonds is 4. The van der Waals surface area contributed by atoms with E-state index in [1.54, 1.807) is 18.3 Å². The molecule has 1 fully saturated rings. The summed E-state index contributed by atoms with van der Waals surface area (Å²) in [7, 11) is 0. The minimum absolute atomic E-state index is 0.206. The minimum Gasteiger partial charge on any atom is -0.337 e. The number of benzene rings is 1. The predicted octanol–water partition coefficient (Wildman–Crippen LogP) is 4.22. The molecule has 0 spiro atoms. The van der Waals surface area contributed by atoms with Crippen LogP contribution < -0.4 is 0 Å². The van der Waals surface area contributed by atoms with Crippen LogP contribution in [0, 0.1) is 17.7 Å². The van der Waals surface area contributed by atoms with Crippen LogP contribution in [-0.4, -0.2) is 33.1 Å². The highest BCUT2D eigenvalue weighted by atomic mass is 19.1. The Morgan fingerprint density at radius 3 is 2.89 bits per heavy atom. The maximum absolute atomic E-state index is 13.2. The Balaban J connectivity index is 1.48. The maximum Gasteiger partial charge on any atom is 0.244 e. The lowest BCUT2D eigenvalue weighted by atomic mass is 10.2. The van der Waals surface area contributed by atoms with Gasteiger partial charge in [-0.05, 0) is 62.7 Å². The molecule has 6 heteroatoms. The molecule has 1 aromatic carbocycles. The lowest BCUT2D eigenvalue weighted by Gasteiger charge is -2.20. The number of likely N-dealkylation sites (tertiary alicyclic amines) is 1. The van der Waals surface area contributed by atoms with Gasteiger partial charge in [-0.25, -0.2) is 4.39 Å². The highest BCUT2D eigenvalue weighted by Gasteiger charge is 2.30. The van der Waals surface area contributed by atoms with Crippen LogP contribution in [0.3, 0.4) is 0 Å². The first-order valence-electron chi connectivity index (χ1n) is 9.54. The van der Waals surface area contributed by atoms with E-state index in [1.165, 1.54) is 12.1 Å². The Bertz CT molecular complexity index is 1000. The summed E-state index contributed by atoms with van der Waals surface area (Å²) < 4.78 is 18.7. The van der Waals surface area contributed by atoms with E-state index in [1.807, 2.05) is 12.1 Å². The second-order valence-electron chi connectivity index (χ2n) is 6.84. The third-order valence-electron chi connectivity index (χ3n) is 4.77. The average molecular weight is 376 g/mol. The van der Waals surface area contributed by atoms with Crippen molar-refractivity contribution in [3.63, 3.8) is 0 Å². The number of halogens is 1. The topological polar surface area (TPSA) is 55.1 Å². The molecule has 3 aromatic rings. The van der Waals surface area contributed by atoms with Gasteiger partial charge in [0.25, 0.3) is 0 Å². The van der Waals surface area contributed by atoms with Gasteiger partial charge in [0.15, 0.2) is 0 Å². The van der Waals surface area contributed by atoms with Gasteiger partial charge >= 0.3 is 0 Å². The molecule has 0 aliphatic carbocycles. The predicted molar refractivity (Wildman–Crippen MR) is 104 cm³/mol. The molecule has 3 heterocycles. The molecule has 1 aliphatic heterocycles. The summed E-state index contributed by atoms with van der Waals surface area (Å²) in [6.45, 7) is 4.30. The Morgan fingerprint density at radius 1 is 1.21 bits per heavy atom. The summed E-state index contributed by atoms with van der Waals surface area (Å²) in [6.07, 6.45) is 4.97. The van der Waals surface area contributed by atoms with Gasteiger partial charge in [-0.1, -0.05) is 30.0 Å². The van der Waals surface area contributed by atoms with E-state index >= 15 is 0 Å².